The molecule has 5 nitrogen and oxygen atoms in total. The van der Waals surface area contributed by atoms with Gasteiger partial charge in [-0.15, -0.1) is 0 Å². The van der Waals surface area contributed by atoms with Crippen molar-refractivity contribution in [3.63, 3.8) is 0 Å². The molecule has 0 aromatic carbocycles. The highest BCUT2D eigenvalue weighted by molar-refractivity contribution is 5.76. The molecular formula is C18H29N3O2. The Kier molecular flexibility index (Phi) is 5.73. The van der Waals surface area contributed by atoms with Crippen molar-refractivity contribution in [2.24, 2.45) is 7.05 Å². The van der Waals surface area contributed by atoms with Crippen LogP contribution in [0.4, 0.5) is 0 Å². The van der Waals surface area contributed by atoms with E-state index in [9.17, 15) is 4.79 Å². The maximum atomic E-state index is 12.1. The average molecular weight is 319 g/mol. The Bertz CT molecular complexity index is 500. The van der Waals surface area contributed by atoms with Crippen LogP contribution >= 0.6 is 0 Å². The Balaban J connectivity index is 1.33. The van der Waals surface area contributed by atoms with Gasteiger partial charge in [0.1, 0.15) is 0 Å². The Morgan fingerprint density at radius 2 is 2.17 bits per heavy atom. The fourth-order valence-electron chi connectivity index (χ4n) is 3.63. The molecule has 2 saturated heterocycles. The van der Waals surface area contributed by atoms with Crippen molar-refractivity contribution in [3.8, 4) is 0 Å². The zero-order chi connectivity index (χ0) is 16.1. The van der Waals surface area contributed by atoms with E-state index in [-0.39, 0.29) is 5.91 Å². The smallest absolute Gasteiger partial charge is 0.220 e. The largest absolute Gasteiger partial charge is 0.377 e. The molecule has 2 aliphatic rings. The van der Waals surface area contributed by atoms with Crippen LogP contribution in [0.25, 0.3) is 0 Å². The van der Waals surface area contributed by atoms with Crippen LogP contribution in [0.3, 0.4) is 0 Å². The van der Waals surface area contributed by atoms with Gasteiger partial charge in [0.05, 0.1) is 6.10 Å². The summed E-state index contributed by atoms with van der Waals surface area (Å²) < 4.78 is 7.79. The van der Waals surface area contributed by atoms with Crippen LogP contribution in [0.2, 0.25) is 0 Å². The molecule has 1 aromatic rings. The van der Waals surface area contributed by atoms with Crippen LogP contribution in [-0.4, -0.2) is 53.8 Å². The van der Waals surface area contributed by atoms with Crippen molar-refractivity contribution >= 4 is 5.91 Å². The van der Waals surface area contributed by atoms with Gasteiger partial charge in [0.15, 0.2) is 0 Å². The van der Waals surface area contributed by atoms with Crippen LogP contribution < -0.4 is 5.32 Å². The molecule has 1 N–H and O–H groups in total. The van der Waals surface area contributed by atoms with E-state index in [1.54, 1.807) is 0 Å². The lowest BCUT2D eigenvalue weighted by molar-refractivity contribution is -0.122. The predicted molar refractivity (Wildman–Crippen MR) is 90.3 cm³/mol. The number of hydrogen-bond acceptors (Lipinski definition) is 3. The Labute approximate surface area is 139 Å². The van der Waals surface area contributed by atoms with E-state index in [0.717, 1.165) is 45.5 Å². The van der Waals surface area contributed by atoms with E-state index in [1.807, 2.05) is 19.3 Å². The first-order chi connectivity index (χ1) is 11.2. The molecule has 3 rings (SSSR count). The topological polar surface area (TPSA) is 46.5 Å². The number of hydrogen-bond donors (Lipinski definition) is 1. The maximum absolute atomic E-state index is 12.1. The molecule has 1 amide bonds. The van der Waals surface area contributed by atoms with Crippen molar-refractivity contribution in [2.45, 2.75) is 50.7 Å². The summed E-state index contributed by atoms with van der Waals surface area (Å²) in [7, 11) is 2.02. The normalized spacial score (nSPS) is 23.3. The van der Waals surface area contributed by atoms with E-state index in [2.05, 4.69) is 20.9 Å². The highest BCUT2D eigenvalue weighted by Gasteiger charge is 2.24. The molecule has 1 atom stereocenters. The first-order valence-corrected chi connectivity index (χ1v) is 8.94. The Hall–Kier alpha value is -1.33. The van der Waals surface area contributed by atoms with Gasteiger partial charge in [-0.2, -0.15) is 0 Å². The van der Waals surface area contributed by atoms with Crippen molar-refractivity contribution in [3.05, 3.63) is 24.0 Å². The second kappa shape index (κ2) is 7.97. The SMILES string of the molecule is Cn1cccc1CCC(=O)NC1CCN(CC2CCCO2)CC1. The zero-order valence-corrected chi connectivity index (χ0v) is 14.2. The second-order valence-corrected chi connectivity index (χ2v) is 6.89. The van der Waals surface area contributed by atoms with Crippen LogP contribution in [0.15, 0.2) is 18.3 Å². The maximum Gasteiger partial charge on any atom is 0.220 e. The first-order valence-electron chi connectivity index (χ1n) is 8.94. The minimum absolute atomic E-state index is 0.184. The van der Waals surface area contributed by atoms with Gasteiger partial charge in [-0.25, -0.2) is 0 Å². The third-order valence-electron chi connectivity index (χ3n) is 5.10. The van der Waals surface area contributed by atoms with E-state index in [0.29, 0.717) is 18.6 Å². The number of rotatable bonds is 6. The summed E-state index contributed by atoms with van der Waals surface area (Å²) in [5.74, 6) is 0.184. The fraction of sp³-hybridized carbons (Fsp3) is 0.722. The van der Waals surface area contributed by atoms with Crippen LogP contribution in [0.5, 0.6) is 0 Å². The minimum atomic E-state index is 0.184. The predicted octanol–water partition coefficient (Wildman–Crippen LogP) is 1.72. The van der Waals surface area contributed by atoms with Crippen molar-refractivity contribution in [2.75, 3.05) is 26.2 Å². The van der Waals surface area contributed by atoms with Crippen LogP contribution in [0.1, 0.15) is 37.8 Å². The van der Waals surface area contributed by atoms with Crippen LogP contribution in [-0.2, 0) is 23.0 Å². The fourth-order valence-corrected chi connectivity index (χ4v) is 3.63. The molecular weight excluding hydrogens is 290 g/mol. The number of ether oxygens (including phenoxy) is 1. The molecule has 2 fully saturated rings. The van der Waals surface area contributed by atoms with Gasteiger partial charge in [-0.05, 0) is 44.2 Å². The lowest BCUT2D eigenvalue weighted by Gasteiger charge is -2.33. The standard InChI is InChI=1S/C18H29N3O2/c1-20-10-2-4-16(20)6-7-18(22)19-15-8-11-21(12-9-15)14-17-5-3-13-23-17/h2,4,10,15,17H,3,5-9,11-14H2,1H3,(H,19,22). The molecule has 0 bridgehead atoms. The summed E-state index contributed by atoms with van der Waals surface area (Å²) in [5.41, 5.74) is 1.21. The zero-order valence-electron chi connectivity index (χ0n) is 14.2. The molecule has 1 unspecified atom stereocenters. The van der Waals surface area contributed by atoms with Crippen molar-refractivity contribution in [1.29, 1.82) is 0 Å². The molecule has 2 aliphatic heterocycles. The Morgan fingerprint density at radius 3 is 2.83 bits per heavy atom. The number of carbonyl (C=O) groups is 1. The minimum Gasteiger partial charge on any atom is -0.377 e. The molecule has 128 valence electrons. The van der Waals surface area contributed by atoms with Crippen molar-refractivity contribution in [1.82, 2.24) is 14.8 Å². The third kappa shape index (κ3) is 4.82. The number of likely N-dealkylation sites (tertiary alicyclic amines) is 1. The Morgan fingerprint density at radius 1 is 1.35 bits per heavy atom. The summed E-state index contributed by atoms with van der Waals surface area (Å²) in [6.07, 6.45) is 8.38. The number of amides is 1. The number of piperidine rings is 1. The quantitative estimate of drug-likeness (QED) is 0.868. The molecule has 0 radical (unpaired) electrons. The lowest BCUT2D eigenvalue weighted by atomic mass is 10.0. The summed E-state index contributed by atoms with van der Waals surface area (Å²) in [6, 6.07) is 4.45. The molecule has 23 heavy (non-hydrogen) atoms. The molecule has 3 heterocycles. The molecule has 0 aliphatic carbocycles. The van der Waals surface area contributed by atoms with Gasteiger partial charge in [0.2, 0.25) is 5.91 Å². The monoisotopic (exact) mass is 319 g/mol. The average Bonchev–Trinajstić information content (AvgIpc) is 3.19. The number of aromatic nitrogens is 1. The van der Waals surface area contributed by atoms with Gasteiger partial charge >= 0.3 is 0 Å². The highest BCUT2D eigenvalue weighted by atomic mass is 16.5. The molecule has 5 heteroatoms. The summed E-state index contributed by atoms with van der Waals surface area (Å²) in [4.78, 5) is 14.6. The number of nitrogens with zero attached hydrogens (tertiary/aromatic N) is 2. The van der Waals surface area contributed by atoms with Gasteiger partial charge in [-0.1, -0.05) is 0 Å². The highest BCUT2D eigenvalue weighted by Crippen LogP contribution is 2.17. The summed E-state index contributed by atoms with van der Waals surface area (Å²) >= 11 is 0. The third-order valence-corrected chi connectivity index (χ3v) is 5.10. The second-order valence-electron chi connectivity index (χ2n) is 6.89. The van der Waals surface area contributed by atoms with E-state index < -0.39 is 0 Å². The van der Waals surface area contributed by atoms with E-state index in [1.165, 1.54) is 18.5 Å². The number of carbonyl (C=O) groups excluding carboxylic acids is 1. The number of nitrogens with one attached hydrogen (secondary N) is 1. The number of aryl methyl sites for hydroxylation is 2. The van der Waals surface area contributed by atoms with Crippen LogP contribution in [0, 0.1) is 0 Å². The summed E-state index contributed by atoms with van der Waals surface area (Å²) in [6.45, 7) is 4.14. The molecule has 0 saturated carbocycles. The van der Waals surface area contributed by atoms with Gasteiger partial charge < -0.3 is 19.5 Å². The van der Waals surface area contributed by atoms with Gasteiger partial charge in [0.25, 0.3) is 0 Å². The summed E-state index contributed by atoms with van der Waals surface area (Å²) in [5, 5.41) is 3.21. The van der Waals surface area contributed by atoms with Crippen molar-refractivity contribution < 1.29 is 9.53 Å². The van der Waals surface area contributed by atoms with E-state index >= 15 is 0 Å². The first kappa shape index (κ1) is 16.5. The lowest BCUT2D eigenvalue weighted by Crippen LogP contribution is -2.46. The molecule has 1 aromatic heterocycles. The van der Waals surface area contributed by atoms with Gasteiger partial charge in [-0.3, -0.25) is 4.79 Å². The van der Waals surface area contributed by atoms with Gasteiger partial charge in [0, 0.05) is 57.6 Å². The molecule has 0 spiro atoms. The van der Waals surface area contributed by atoms with E-state index in [4.69, 9.17) is 4.74 Å².